The summed E-state index contributed by atoms with van der Waals surface area (Å²) in [5.41, 5.74) is 2.81. The van der Waals surface area contributed by atoms with Gasteiger partial charge in [0.2, 0.25) is 0 Å². The maximum atomic E-state index is 12.4. The predicted octanol–water partition coefficient (Wildman–Crippen LogP) is 2.06. The van der Waals surface area contributed by atoms with Gasteiger partial charge in [-0.15, -0.1) is 0 Å². The van der Waals surface area contributed by atoms with Crippen LogP contribution in [0.15, 0.2) is 42.7 Å². The van der Waals surface area contributed by atoms with Gasteiger partial charge in [0.05, 0.1) is 0 Å². The van der Waals surface area contributed by atoms with Crippen molar-refractivity contribution in [1.29, 1.82) is 0 Å². The fraction of sp³-hybridized carbons (Fsp3) is 0.350. The number of rotatable bonds is 4. The number of ether oxygens (including phenoxy) is 1. The minimum atomic E-state index is -0.0538. The highest BCUT2D eigenvalue weighted by Crippen LogP contribution is 2.20. The predicted molar refractivity (Wildman–Crippen MR) is 98.1 cm³/mol. The Bertz CT molecular complexity index is 784. The van der Waals surface area contributed by atoms with Crippen LogP contribution in [0.4, 0.5) is 0 Å². The SMILES string of the molecule is Cc1cccc(OCC(=O)N2CCN(C(=O)c3ccncc3)CC2)c1C. The first-order chi connectivity index (χ1) is 12.6. The summed E-state index contributed by atoms with van der Waals surface area (Å²) in [6, 6.07) is 9.23. The van der Waals surface area contributed by atoms with Crippen LogP contribution in [-0.4, -0.2) is 59.4 Å². The van der Waals surface area contributed by atoms with E-state index in [2.05, 4.69) is 4.98 Å². The highest BCUT2D eigenvalue weighted by Gasteiger charge is 2.25. The van der Waals surface area contributed by atoms with Crippen molar-refractivity contribution in [2.45, 2.75) is 13.8 Å². The van der Waals surface area contributed by atoms with E-state index in [0.717, 1.165) is 16.9 Å². The molecule has 6 nitrogen and oxygen atoms in total. The summed E-state index contributed by atoms with van der Waals surface area (Å²) in [5, 5.41) is 0. The highest BCUT2D eigenvalue weighted by molar-refractivity contribution is 5.94. The zero-order chi connectivity index (χ0) is 18.5. The van der Waals surface area contributed by atoms with Gasteiger partial charge in [0, 0.05) is 44.1 Å². The van der Waals surface area contributed by atoms with Crippen molar-refractivity contribution in [2.75, 3.05) is 32.8 Å². The van der Waals surface area contributed by atoms with Crippen LogP contribution >= 0.6 is 0 Å². The fourth-order valence-electron chi connectivity index (χ4n) is 2.95. The van der Waals surface area contributed by atoms with Crippen molar-refractivity contribution in [3.8, 4) is 5.75 Å². The van der Waals surface area contributed by atoms with Crippen molar-refractivity contribution >= 4 is 11.8 Å². The van der Waals surface area contributed by atoms with Crippen LogP contribution < -0.4 is 4.74 Å². The molecule has 0 saturated carbocycles. The Morgan fingerprint density at radius 3 is 2.35 bits per heavy atom. The number of pyridine rings is 1. The number of piperazine rings is 1. The van der Waals surface area contributed by atoms with Gasteiger partial charge in [-0.3, -0.25) is 14.6 Å². The van der Waals surface area contributed by atoms with Gasteiger partial charge in [-0.25, -0.2) is 0 Å². The van der Waals surface area contributed by atoms with Crippen LogP contribution in [0.1, 0.15) is 21.5 Å². The van der Waals surface area contributed by atoms with Crippen molar-refractivity contribution in [2.24, 2.45) is 0 Å². The molecule has 0 atom stereocenters. The van der Waals surface area contributed by atoms with Gasteiger partial charge in [0.1, 0.15) is 5.75 Å². The molecule has 2 amide bonds. The molecule has 1 aromatic carbocycles. The molecule has 6 heteroatoms. The molecular weight excluding hydrogens is 330 g/mol. The third-order valence-electron chi connectivity index (χ3n) is 4.75. The molecule has 136 valence electrons. The lowest BCUT2D eigenvalue weighted by atomic mass is 10.1. The summed E-state index contributed by atoms with van der Waals surface area (Å²) in [5.74, 6) is 0.665. The molecule has 2 heterocycles. The third-order valence-corrected chi connectivity index (χ3v) is 4.75. The molecule has 0 N–H and O–H groups in total. The summed E-state index contributed by atoms with van der Waals surface area (Å²) in [4.78, 5) is 32.3. The van der Waals surface area contributed by atoms with Gasteiger partial charge in [-0.2, -0.15) is 0 Å². The second-order valence-corrected chi connectivity index (χ2v) is 6.40. The quantitative estimate of drug-likeness (QED) is 0.844. The number of benzene rings is 1. The summed E-state index contributed by atoms with van der Waals surface area (Å²) >= 11 is 0. The monoisotopic (exact) mass is 353 g/mol. The van der Waals surface area contributed by atoms with E-state index in [0.29, 0.717) is 31.7 Å². The number of carbonyl (C=O) groups is 2. The van der Waals surface area contributed by atoms with Gasteiger partial charge in [-0.1, -0.05) is 12.1 Å². The van der Waals surface area contributed by atoms with Crippen LogP contribution in [0.25, 0.3) is 0 Å². The highest BCUT2D eigenvalue weighted by atomic mass is 16.5. The molecule has 3 rings (SSSR count). The summed E-state index contributed by atoms with van der Waals surface area (Å²) < 4.78 is 5.70. The van der Waals surface area contributed by atoms with Gasteiger partial charge in [0.25, 0.3) is 11.8 Å². The molecule has 1 aromatic heterocycles. The third kappa shape index (κ3) is 4.02. The lowest BCUT2D eigenvalue weighted by Crippen LogP contribution is -2.51. The summed E-state index contributed by atoms with van der Waals surface area (Å²) in [6.45, 7) is 6.11. The molecule has 26 heavy (non-hydrogen) atoms. The zero-order valence-electron chi connectivity index (χ0n) is 15.1. The van der Waals surface area contributed by atoms with Crippen LogP contribution in [0.5, 0.6) is 5.75 Å². The van der Waals surface area contributed by atoms with E-state index in [1.165, 1.54) is 0 Å². The average Bonchev–Trinajstić information content (AvgIpc) is 2.69. The average molecular weight is 353 g/mol. The Hall–Kier alpha value is -2.89. The van der Waals surface area contributed by atoms with E-state index in [4.69, 9.17) is 4.74 Å². The van der Waals surface area contributed by atoms with E-state index in [9.17, 15) is 9.59 Å². The Labute approximate surface area is 153 Å². The van der Waals surface area contributed by atoms with E-state index >= 15 is 0 Å². The van der Waals surface area contributed by atoms with Crippen LogP contribution in [0, 0.1) is 13.8 Å². The number of nitrogens with zero attached hydrogens (tertiary/aromatic N) is 3. The van der Waals surface area contributed by atoms with Crippen LogP contribution in [0.2, 0.25) is 0 Å². The molecule has 0 aliphatic carbocycles. The Kier molecular flexibility index (Phi) is 5.51. The van der Waals surface area contributed by atoms with E-state index in [-0.39, 0.29) is 18.4 Å². The lowest BCUT2D eigenvalue weighted by Gasteiger charge is -2.34. The molecular formula is C20H23N3O3. The maximum absolute atomic E-state index is 12.4. The minimum Gasteiger partial charge on any atom is -0.483 e. The van der Waals surface area contributed by atoms with Gasteiger partial charge < -0.3 is 14.5 Å². The number of aromatic nitrogens is 1. The fourth-order valence-corrected chi connectivity index (χ4v) is 2.95. The minimum absolute atomic E-state index is 0.0165. The van der Waals surface area contributed by atoms with Gasteiger partial charge in [-0.05, 0) is 43.2 Å². The smallest absolute Gasteiger partial charge is 0.260 e. The summed E-state index contributed by atoms with van der Waals surface area (Å²) in [6.07, 6.45) is 3.22. The maximum Gasteiger partial charge on any atom is 0.260 e. The van der Waals surface area contributed by atoms with Crippen LogP contribution in [0.3, 0.4) is 0 Å². The van der Waals surface area contributed by atoms with E-state index < -0.39 is 0 Å². The van der Waals surface area contributed by atoms with Crippen LogP contribution in [-0.2, 0) is 4.79 Å². The molecule has 1 saturated heterocycles. The van der Waals surface area contributed by atoms with Crippen molar-refractivity contribution in [3.05, 3.63) is 59.4 Å². The molecule has 1 aliphatic rings. The number of hydrogen-bond acceptors (Lipinski definition) is 4. The molecule has 0 spiro atoms. The zero-order valence-corrected chi connectivity index (χ0v) is 15.1. The molecule has 0 bridgehead atoms. The van der Waals surface area contributed by atoms with E-state index in [1.807, 2.05) is 32.0 Å². The number of carbonyl (C=O) groups excluding carboxylic acids is 2. The Balaban J connectivity index is 1.51. The first kappa shape index (κ1) is 17.9. The number of aryl methyl sites for hydroxylation is 1. The largest absolute Gasteiger partial charge is 0.483 e. The van der Waals surface area contributed by atoms with Gasteiger partial charge in [0.15, 0.2) is 6.61 Å². The lowest BCUT2D eigenvalue weighted by molar-refractivity contribution is -0.134. The topological polar surface area (TPSA) is 62.7 Å². The Morgan fingerprint density at radius 2 is 1.65 bits per heavy atom. The summed E-state index contributed by atoms with van der Waals surface area (Å²) in [7, 11) is 0. The standard InChI is InChI=1S/C20H23N3O3/c1-15-4-3-5-18(16(15)2)26-14-19(24)22-10-12-23(13-11-22)20(25)17-6-8-21-9-7-17/h3-9H,10-14H2,1-2H3. The molecule has 1 fully saturated rings. The first-order valence-corrected chi connectivity index (χ1v) is 8.72. The molecule has 0 unspecified atom stereocenters. The normalized spacial score (nSPS) is 14.2. The molecule has 0 radical (unpaired) electrons. The Morgan fingerprint density at radius 1 is 1.00 bits per heavy atom. The first-order valence-electron chi connectivity index (χ1n) is 8.72. The number of hydrogen-bond donors (Lipinski definition) is 0. The number of amides is 2. The van der Waals surface area contributed by atoms with E-state index in [1.54, 1.807) is 34.3 Å². The second-order valence-electron chi connectivity index (χ2n) is 6.40. The molecule has 2 aromatic rings. The van der Waals surface area contributed by atoms with Crippen molar-refractivity contribution < 1.29 is 14.3 Å². The van der Waals surface area contributed by atoms with Crippen molar-refractivity contribution in [1.82, 2.24) is 14.8 Å². The second kappa shape index (κ2) is 7.99. The molecule has 1 aliphatic heterocycles. The van der Waals surface area contributed by atoms with Crippen molar-refractivity contribution in [3.63, 3.8) is 0 Å². The van der Waals surface area contributed by atoms with Gasteiger partial charge >= 0.3 is 0 Å².